The van der Waals surface area contributed by atoms with E-state index < -0.39 is 0 Å². The molecule has 1 atom stereocenters. The number of carbonyl (C=O) groups excluding carboxylic acids is 1. The Morgan fingerprint density at radius 1 is 1.33 bits per heavy atom. The number of piperidine rings is 1. The molecule has 15 heavy (non-hydrogen) atoms. The number of rotatable bonds is 1. The predicted molar refractivity (Wildman–Crippen MR) is 58.9 cm³/mol. The van der Waals surface area contributed by atoms with Gasteiger partial charge in [-0.3, -0.25) is 9.78 Å². The maximum Gasteiger partial charge on any atom is 0.142 e. The van der Waals surface area contributed by atoms with E-state index in [1.807, 2.05) is 26.0 Å². The summed E-state index contributed by atoms with van der Waals surface area (Å²) in [5, 5.41) is 3.26. The molecular weight excluding hydrogens is 188 g/mol. The molecular formula is C12H16N2O. The van der Waals surface area contributed by atoms with Crippen LogP contribution in [0.3, 0.4) is 0 Å². The van der Waals surface area contributed by atoms with Crippen LogP contribution in [0.25, 0.3) is 0 Å². The number of hydrogen-bond donors (Lipinski definition) is 1. The fourth-order valence-corrected chi connectivity index (χ4v) is 2.12. The molecule has 1 aliphatic heterocycles. The third-order valence-corrected chi connectivity index (χ3v) is 2.79. The van der Waals surface area contributed by atoms with E-state index in [9.17, 15) is 4.79 Å². The van der Waals surface area contributed by atoms with Gasteiger partial charge in [0.15, 0.2) is 0 Å². The molecule has 0 radical (unpaired) electrons. The molecule has 1 aromatic rings. The van der Waals surface area contributed by atoms with Gasteiger partial charge in [-0.05, 0) is 31.5 Å². The minimum absolute atomic E-state index is 0.0270. The molecule has 1 fully saturated rings. The lowest BCUT2D eigenvalue weighted by Gasteiger charge is -2.22. The summed E-state index contributed by atoms with van der Waals surface area (Å²) in [6.45, 7) is 5.52. The molecule has 80 valence electrons. The maximum absolute atomic E-state index is 11.8. The second kappa shape index (κ2) is 4.11. The van der Waals surface area contributed by atoms with Crippen LogP contribution in [0.15, 0.2) is 12.1 Å². The molecule has 0 bridgehead atoms. The molecule has 1 saturated heterocycles. The highest BCUT2D eigenvalue weighted by Crippen LogP contribution is 2.21. The summed E-state index contributed by atoms with van der Waals surface area (Å²) >= 11 is 0. The highest BCUT2D eigenvalue weighted by atomic mass is 16.1. The average molecular weight is 204 g/mol. The first kappa shape index (κ1) is 10.3. The molecule has 0 saturated carbocycles. The third kappa shape index (κ3) is 2.23. The van der Waals surface area contributed by atoms with E-state index in [1.54, 1.807) is 0 Å². The number of hydrogen-bond acceptors (Lipinski definition) is 3. The molecule has 0 spiro atoms. The Morgan fingerprint density at radius 3 is 2.60 bits per heavy atom. The van der Waals surface area contributed by atoms with Crippen LogP contribution in [0.5, 0.6) is 0 Å². The topological polar surface area (TPSA) is 42.0 Å². The van der Waals surface area contributed by atoms with E-state index >= 15 is 0 Å². The Balaban J connectivity index is 2.31. The summed E-state index contributed by atoms with van der Waals surface area (Å²) in [6, 6.07) is 4.03. The predicted octanol–water partition coefficient (Wildman–Crippen LogP) is 1.34. The van der Waals surface area contributed by atoms with Crippen LogP contribution in [0.4, 0.5) is 0 Å². The van der Waals surface area contributed by atoms with Crippen molar-refractivity contribution in [3.05, 3.63) is 29.1 Å². The molecule has 3 heteroatoms. The van der Waals surface area contributed by atoms with Gasteiger partial charge in [0.2, 0.25) is 0 Å². The van der Waals surface area contributed by atoms with E-state index in [4.69, 9.17) is 0 Å². The van der Waals surface area contributed by atoms with Crippen LogP contribution < -0.4 is 5.32 Å². The van der Waals surface area contributed by atoms with Crippen molar-refractivity contribution in [3.8, 4) is 0 Å². The third-order valence-electron chi connectivity index (χ3n) is 2.79. The molecule has 0 aliphatic carbocycles. The molecule has 1 aliphatic rings. The van der Waals surface area contributed by atoms with Crippen molar-refractivity contribution in [1.82, 2.24) is 10.3 Å². The smallest absolute Gasteiger partial charge is 0.142 e. The molecule has 3 nitrogen and oxygen atoms in total. The minimum atomic E-state index is 0.0270. The van der Waals surface area contributed by atoms with Crippen molar-refractivity contribution >= 4 is 5.78 Å². The maximum atomic E-state index is 11.8. The van der Waals surface area contributed by atoms with Gasteiger partial charge in [0.05, 0.1) is 5.92 Å². The van der Waals surface area contributed by atoms with E-state index in [-0.39, 0.29) is 5.92 Å². The van der Waals surface area contributed by atoms with Crippen molar-refractivity contribution < 1.29 is 4.79 Å². The van der Waals surface area contributed by atoms with E-state index in [1.165, 1.54) is 0 Å². The van der Waals surface area contributed by atoms with Crippen LogP contribution in [0.2, 0.25) is 0 Å². The summed E-state index contributed by atoms with van der Waals surface area (Å²) in [7, 11) is 0. The fourth-order valence-electron chi connectivity index (χ4n) is 2.12. The zero-order chi connectivity index (χ0) is 10.8. The summed E-state index contributed by atoms with van der Waals surface area (Å²) in [4.78, 5) is 16.1. The summed E-state index contributed by atoms with van der Waals surface area (Å²) in [5.74, 6) is 0.373. The fraction of sp³-hybridized carbons (Fsp3) is 0.500. The number of nitrogens with one attached hydrogen (secondary N) is 1. The van der Waals surface area contributed by atoms with Gasteiger partial charge < -0.3 is 5.32 Å². The van der Waals surface area contributed by atoms with Gasteiger partial charge in [-0.15, -0.1) is 0 Å². The van der Waals surface area contributed by atoms with Crippen molar-refractivity contribution in [1.29, 1.82) is 0 Å². The van der Waals surface area contributed by atoms with Crippen molar-refractivity contribution in [3.63, 3.8) is 0 Å². The van der Waals surface area contributed by atoms with Gasteiger partial charge in [-0.2, -0.15) is 0 Å². The quantitative estimate of drug-likeness (QED) is 0.750. The second-order valence-electron chi connectivity index (χ2n) is 4.16. The number of carbonyl (C=O) groups is 1. The number of pyridine rings is 1. The van der Waals surface area contributed by atoms with Crippen molar-refractivity contribution in [2.45, 2.75) is 26.2 Å². The van der Waals surface area contributed by atoms with E-state index in [2.05, 4.69) is 10.3 Å². The number of aryl methyl sites for hydroxylation is 2. The second-order valence-corrected chi connectivity index (χ2v) is 4.16. The van der Waals surface area contributed by atoms with Crippen molar-refractivity contribution in [2.24, 2.45) is 0 Å². The Hall–Kier alpha value is -1.22. The van der Waals surface area contributed by atoms with Crippen LogP contribution in [0, 0.1) is 13.8 Å². The Morgan fingerprint density at radius 2 is 2.00 bits per heavy atom. The highest BCUT2D eigenvalue weighted by Gasteiger charge is 2.23. The Labute approximate surface area is 89.9 Å². The minimum Gasteiger partial charge on any atom is -0.315 e. The van der Waals surface area contributed by atoms with Crippen LogP contribution in [-0.2, 0) is 4.79 Å². The molecule has 2 heterocycles. The number of ketones is 1. The number of aromatic nitrogens is 1. The van der Waals surface area contributed by atoms with Gasteiger partial charge in [0.25, 0.3) is 0 Å². The SMILES string of the molecule is Cc1cc(C2CNCCC2=O)cc(C)n1. The van der Waals surface area contributed by atoms with E-state index in [0.717, 1.165) is 30.0 Å². The molecule has 1 aromatic heterocycles. The zero-order valence-electron chi connectivity index (χ0n) is 9.21. The highest BCUT2D eigenvalue weighted by molar-refractivity contribution is 5.86. The van der Waals surface area contributed by atoms with Gasteiger partial charge >= 0.3 is 0 Å². The van der Waals surface area contributed by atoms with Crippen molar-refractivity contribution in [2.75, 3.05) is 13.1 Å². The Bertz CT molecular complexity index is 367. The van der Waals surface area contributed by atoms with Crippen LogP contribution in [-0.4, -0.2) is 23.9 Å². The molecule has 0 amide bonds. The number of nitrogens with zero attached hydrogens (tertiary/aromatic N) is 1. The first-order valence-corrected chi connectivity index (χ1v) is 5.35. The van der Waals surface area contributed by atoms with Gasteiger partial charge in [0, 0.05) is 30.9 Å². The summed E-state index contributed by atoms with van der Waals surface area (Å²) < 4.78 is 0. The molecule has 1 N–H and O–H groups in total. The summed E-state index contributed by atoms with van der Waals surface area (Å²) in [5.41, 5.74) is 3.09. The van der Waals surface area contributed by atoms with Gasteiger partial charge in [-0.1, -0.05) is 0 Å². The molecule has 2 rings (SSSR count). The van der Waals surface area contributed by atoms with Crippen LogP contribution >= 0.6 is 0 Å². The lowest BCUT2D eigenvalue weighted by molar-refractivity contribution is -0.121. The summed E-state index contributed by atoms with van der Waals surface area (Å²) in [6.07, 6.45) is 0.644. The standard InChI is InChI=1S/C12H16N2O/c1-8-5-10(6-9(2)14-8)11-7-13-4-3-12(11)15/h5-6,11,13H,3-4,7H2,1-2H3. The van der Waals surface area contributed by atoms with Gasteiger partial charge in [-0.25, -0.2) is 0 Å². The molecule has 1 unspecified atom stereocenters. The normalized spacial score (nSPS) is 21.7. The largest absolute Gasteiger partial charge is 0.315 e. The van der Waals surface area contributed by atoms with Crippen LogP contribution in [0.1, 0.15) is 29.3 Å². The number of Topliss-reactive ketones (excluding diaryl/α,β-unsaturated/α-hetero) is 1. The molecule has 0 aromatic carbocycles. The van der Waals surface area contributed by atoms with Gasteiger partial charge in [0.1, 0.15) is 5.78 Å². The lowest BCUT2D eigenvalue weighted by Crippen LogP contribution is -2.35. The first-order chi connectivity index (χ1) is 7.16. The van der Waals surface area contributed by atoms with E-state index in [0.29, 0.717) is 12.2 Å². The first-order valence-electron chi connectivity index (χ1n) is 5.35. The average Bonchev–Trinajstić information content (AvgIpc) is 2.16. The lowest BCUT2D eigenvalue weighted by atomic mass is 9.90. The zero-order valence-corrected chi connectivity index (χ0v) is 9.21. The monoisotopic (exact) mass is 204 g/mol. The Kier molecular flexibility index (Phi) is 2.82.